The topological polar surface area (TPSA) is 0 Å². The molecule has 0 heterocycles. The molecule has 0 aliphatic heterocycles. The van der Waals surface area contributed by atoms with Crippen LogP contribution in [0.5, 0.6) is 0 Å². The highest BCUT2D eigenvalue weighted by Crippen LogP contribution is 1.99. The largest absolute Gasteiger partial charge is 0.0877 e. The molecule has 0 saturated heterocycles. The molecule has 0 N–H and O–H groups in total. The van der Waals surface area contributed by atoms with Crippen LogP contribution in [0.2, 0.25) is 0 Å². The van der Waals surface area contributed by atoms with E-state index in [4.69, 9.17) is 0 Å². The molecule has 0 saturated carbocycles. The van der Waals surface area contributed by atoms with Crippen molar-refractivity contribution in [3.63, 3.8) is 0 Å². The average Bonchev–Trinajstić information content (AvgIpc) is 2.31. The third-order valence-electron chi connectivity index (χ3n) is 2.29. The maximum Gasteiger partial charge on any atom is -0.0345 e. The lowest BCUT2D eigenvalue weighted by Crippen LogP contribution is -1.68. The molecule has 0 bridgehead atoms. The van der Waals surface area contributed by atoms with E-state index in [0.717, 1.165) is 0 Å². The standard InChI is InChI=1S/C16H26/c1-3-5-7-9-11-13-15-16-14-12-10-8-6-4-2/h3,5,7,9-10,12,14,16H,4,6,8,11,13,15H2,1-2H3/b5-3+,9-7+,12-10+,16-14+. The molecule has 0 unspecified atom stereocenters. The Labute approximate surface area is 101 Å². The molecule has 0 fully saturated rings. The van der Waals surface area contributed by atoms with E-state index in [1.54, 1.807) is 0 Å². The summed E-state index contributed by atoms with van der Waals surface area (Å²) in [6, 6.07) is 0. The minimum absolute atomic E-state index is 1.17. The second kappa shape index (κ2) is 14.0. The van der Waals surface area contributed by atoms with Crippen LogP contribution in [-0.4, -0.2) is 0 Å². The van der Waals surface area contributed by atoms with Crippen LogP contribution in [0.3, 0.4) is 0 Å². The van der Waals surface area contributed by atoms with Crippen LogP contribution in [-0.2, 0) is 0 Å². The van der Waals surface area contributed by atoms with Gasteiger partial charge in [-0.05, 0) is 32.6 Å². The molecule has 0 spiro atoms. The van der Waals surface area contributed by atoms with Crippen molar-refractivity contribution in [3.05, 3.63) is 48.6 Å². The lowest BCUT2D eigenvalue weighted by Gasteiger charge is -1.89. The summed E-state index contributed by atoms with van der Waals surface area (Å²) in [5.74, 6) is 0. The summed E-state index contributed by atoms with van der Waals surface area (Å²) in [5, 5.41) is 0. The molecule has 0 aliphatic rings. The first kappa shape index (κ1) is 15.0. The van der Waals surface area contributed by atoms with E-state index >= 15 is 0 Å². The third-order valence-corrected chi connectivity index (χ3v) is 2.29. The molecule has 0 aliphatic carbocycles. The van der Waals surface area contributed by atoms with Crippen molar-refractivity contribution in [2.75, 3.05) is 0 Å². The number of allylic oxidation sites excluding steroid dienone is 8. The van der Waals surface area contributed by atoms with Crippen molar-refractivity contribution < 1.29 is 0 Å². The van der Waals surface area contributed by atoms with Crippen molar-refractivity contribution in [3.8, 4) is 0 Å². The second-order valence-corrected chi connectivity index (χ2v) is 3.88. The molecule has 0 atom stereocenters. The van der Waals surface area contributed by atoms with Crippen LogP contribution < -0.4 is 0 Å². The monoisotopic (exact) mass is 218 g/mol. The van der Waals surface area contributed by atoms with Crippen molar-refractivity contribution >= 4 is 0 Å². The van der Waals surface area contributed by atoms with Gasteiger partial charge in [0.25, 0.3) is 0 Å². The maximum atomic E-state index is 2.26. The Morgan fingerprint density at radius 3 is 1.69 bits per heavy atom. The SMILES string of the molecule is C/C=C/C=C/CCC/C=C/C=C/CCCC. The molecular weight excluding hydrogens is 192 g/mol. The molecule has 0 aromatic carbocycles. The number of hydrogen-bond donors (Lipinski definition) is 0. The highest BCUT2D eigenvalue weighted by atomic mass is 13.9. The molecule has 0 aromatic heterocycles. The van der Waals surface area contributed by atoms with Gasteiger partial charge >= 0.3 is 0 Å². The van der Waals surface area contributed by atoms with Crippen LogP contribution in [0.25, 0.3) is 0 Å². The van der Waals surface area contributed by atoms with E-state index in [2.05, 4.69) is 55.5 Å². The third kappa shape index (κ3) is 13.0. The number of unbranched alkanes of at least 4 members (excludes halogenated alkanes) is 4. The zero-order chi connectivity index (χ0) is 11.9. The molecule has 16 heavy (non-hydrogen) atoms. The van der Waals surface area contributed by atoms with Crippen LogP contribution in [0.15, 0.2) is 48.6 Å². The van der Waals surface area contributed by atoms with Gasteiger partial charge in [-0.2, -0.15) is 0 Å². The van der Waals surface area contributed by atoms with Gasteiger partial charge in [-0.25, -0.2) is 0 Å². The molecule has 0 aromatic rings. The lowest BCUT2D eigenvalue weighted by molar-refractivity contribution is 0.814. The van der Waals surface area contributed by atoms with Crippen LogP contribution in [0.4, 0.5) is 0 Å². The van der Waals surface area contributed by atoms with Gasteiger partial charge in [0.15, 0.2) is 0 Å². The first-order valence-corrected chi connectivity index (χ1v) is 6.51. The smallest absolute Gasteiger partial charge is 0.0345 e. The second-order valence-electron chi connectivity index (χ2n) is 3.88. The van der Waals surface area contributed by atoms with E-state index in [0.29, 0.717) is 0 Å². The van der Waals surface area contributed by atoms with Crippen molar-refractivity contribution in [2.24, 2.45) is 0 Å². The Bertz CT molecular complexity index is 228. The first-order chi connectivity index (χ1) is 7.91. The van der Waals surface area contributed by atoms with Crippen molar-refractivity contribution in [2.45, 2.75) is 52.4 Å². The van der Waals surface area contributed by atoms with Crippen LogP contribution in [0.1, 0.15) is 52.4 Å². The zero-order valence-corrected chi connectivity index (χ0v) is 10.9. The average molecular weight is 218 g/mol. The lowest BCUT2D eigenvalue weighted by atomic mass is 10.2. The normalized spacial score (nSPS) is 12.9. The van der Waals surface area contributed by atoms with E-state index in [1.807, 2.05) is 6.92 Å². The predicted molar refractivity (Wildman–Crippen MR) is 75.6 cm³/mol. The van der Waals surface area contributed by atoms with Gasteiger partial charge < -0.3 is 0 Å². The van der Waals surface area contributed by atoms with Gasteiger partial charge in [-0.3, -0.25) is 0 Å². The van der Waals surface area contributed by atoms with E-state index in [1.165, 1.54) is 38.5 Å². The van der Waals surface area contributed by atoms with Crippen molar-refractivity contribution in [1.82, 2.24) is 0 Å². The Morgan fingerprint density at radius 1 is 0.688 bits per heavy atom. The molecule has 0 rings (SSSR count). The summed E-state index contributed by atoms with van der Waals surface area (Å²) < 4.78 is 0. The number of hydrogen-bond acceptors (Lipinski definition) is 0. The minimum Gasteiger partial charge on any atom is -0.0877 e. The summed E-state index contributed by atoms with van der Waals surface area (Å²) >= 11 is 0. The molecular formula is C16H26. The highest BCUT2D eigenvalue weighted by molar-refractivity contribution is 5.03. The van der Waals surface area contributed by atoms with Crippen molar-refractivity contribution in [1.29, 1.82) is 0 Å². The molecule has 0 nitrogen and oxygen atoms in total. The fourth-order valence-corrected chi connectivity index (χ4v) is 1.31. The van der Waals surface area contributed by atoms with E-state index < -0.39 is 0 Å². The van der Waals surface area contributed by atoms with E-state index in [9.17, 15) is 0 Å². The van der Waals surface area contributed by atoms with Gasteiger partial charge in [-0.1, -0.05) is 68.4 Å². The van der Waals surface area contributed by atoms with Gasteiger partial charge in [0.2, 0.25) is 0 Å². The Hall–Kier alpha value is -1.04. The van der Waals surface area contributed by atoms with Gasteiger partial charge in [-0.15, -0.1) is 0 Å². The summed E-state index contributed by atoms with van der Waals surface area (Å²) in [4.78, 5) is 0. The molecule has 0 heteroatoms. The summed E-state index contributed by atoms with van der Waals surface area (Å²) in [6.45, 7) is 4.27. The fraction of sp³-hybridized carbons (Fsp3) is 0.500. The quantitative estimate of drug-likeness (QED) is 0.349. The zero-order valence-electron chi connectivity index (χ0n) is 10.9. The molecule has 0 amide bonds. The maximum absolute atomic E-state index is 2.26. The number of rotatable bonds is 9. The minimum atomic E-state index is 1.17. The van der Waals surface area contributed by atoms with Gasteiger partial charge in [0.1, 0.15) is 0 Å². The molecule has 0 radical (unpaired) electrons. The van der Waals surface area contributed by atoms with E-state index in [-0.39, 0.29) is 0 Å². The van der Waals surface area contributed by atoms with Gasteiger partial charge in [0.05, 0.1) is 0 Å². The Balaban J connectivity index is 3.30. The summed E-state index contributed by atoms with van der Waals surface area (Å²) in [6.07, 6.45) is 24.7. The van der Waals surface area contributed by atoms with Crippen LogP contribution in [0, 0.1) is 0 Å². The summed E-state index contributed by atoms with van der Waals surface area (Å²) in [7, 11) is 0. The first-order valence-electron chi connectivity index (χ1n) is 6.51. The summed E-state index contributed by atoms with van der Waals surface area (Å²) in [5.41, 5.74) is 0. The fourth-order valence-electron chi connectivity index (χ4n) is 1.31. The van der Waals surface area contributed by atoms with Crippen LogP contribution >= 0.6 is 0 Å². The van der Waals surface area contributed by atoms with Gasteiger partial charge in [0, 0.05) is 0 Å². The predicted octanol–water partition coefficient (Wildman–Crippen LogP) is 5.59. The molecule has 90 valence electrons. The highest BCUT2D eigenvalue weighted by Gasteiger charge is 1.79. The Morgan fingerprint density at radius 2 is 1.19 bits per heavy atom. The Kier molecular flexibility index (Phi) is 13.1.